The van der Waals surface area contributed by atoms with Gasteiger partial charge in [-0.1, -0.05) is 23.9 Å². The summed E-state index contributed by atoms with van der Waals surface area (Å²) in [5.74, 6) is 1.89. The van der Waals surface area contributed by atoms with Gasteiger partial charge in [-0.25, -0.2) is 4.98 Å². The Kier molecular flexibility index (Phi) is 6.11. The van der Waals surface area contributed by atoms with Crippen molar-refractivity contribution in [2.24, 2.45) is 5.73 Å². The Hall–Kier alpha value is -0.430. The maximum Gasteiger partial charge on any atom is 0.299 e. The standard InChI is InChI=1S/C10H11N3S3.ClH/c11-9(12)14-5-6-15-10-13-7-3-1-2-4-8(7)16-10;/h1-4H,5-6H2,(H3,11,12);1H. The van der Waals surface area contributed by atoms with Gasteiger partial charge in [0.25, 0.3) is 5.17 Å². The topological polar surface area (TPSA) is 64.5 Å². The molecule has 0 saturated carbocycles. The molecule has 0 spiro atoms. The lowest BCUT2D eigenvalue weighted by atomic mass is 10.3. The van der Waals surface area contributed by atoms with Crippen molar-refractivity contribution in [1.82, 2.24) is 4.98 Å². The highest BCUT2D eigenvalue weighted by Gasteiger charge is 2.04. The molecule has 0 aliphatic rings. The second kappa shape index (κ2) is 7.10. The summed E-state index contributed by atoms with van der Waals surface area (Å²) in [5, 5.41) is 5.80. The fraction of sp³-hybridized carbons (Fsp3) is 0.200. The van der Waals surface area contributed by atoms with E-state index in [-0.39, 0.29) is 12.4 Å². The zero-order chi connectivity index (χ0) is 11.4. The average Bonchev–Trinajstić information content (AvgIpc) is 2.66. The summed E-state index contributed by atoms with van der Waals surface area (Å²) < 4.78 is 2.35. The third-order valence-electron chi connectivity index (χ3n) is 1.85. The van der Waals surface area contributed by atoms with Crippen LogP contribution in [0.15, 0.2) is 28.6 Å². The molecule has 4 N–H and O–H groups in total. The van der Waals surface area contributed by atoms with Crippen LogP contribution in [0.5, 0.6) is 0 Å². The molecule has 7 heteroatoms. The van der Waals surface area contributed by atoms with Crippen LogP contribution in [0.2, 0.25) is 0 Å². The predicted molar refractivity (Wildman–Crippen MR) is 73.9 cm³/mol. The number of hydrogen-bond acceptors (Lipinski definition) is 4. The Bertz CT molecular complexity index is 467. The maximum absolute atomic E-state index is 5.37. The molecule has 0 unspecified atom stereocenters. The number of thiazole rings is 1. The van der Waals surface area contributed by atoms with Crippen LogP contribution in [0.25, 0.3) is 10.2 Å². The number of nitrogens with two attached hydrogens (primary N) is 2. The molecule has 17 heavy (non-hydrogen) atoms. The summed E-state index contributed by atoms with van der Waals surface area (Å²) in [5.41, 5.74) is 6.44. The number of aromatic nitrogens is 1. The summed E-state index contributed by atoms with van der Waals surface area (Å²) in [6, 6.07) is 8.18. The first kappa shape index (κ1) is 14.6. The van der Waals surface area contributed by atoms with Crippen molar-refractivity contribution in [3.05, 3.63) is 24.3 Å². The van der Waals surface area contributed by atoms with Gasteiger partial charge in [-0.3, -0.25) is 11.1 Å². The van der Waals surface area contributed by atoms with E-state index in [1.54, 1.807) is 23.1 Å². The number of hydrogen-bond donors (Lipinski definition) is 2. The molecule has 3 nitrogen and oxygen atoms in total. The van der Waals surface area contributed by atoms with Crippen LogP contribution in [0.4, 0.5) is 0 Å². The molecular formula is C10H12ClN3S3. The Morgan fingerprint density at radius 3 is 2.82 bits per heavy atom. The highest BCUT2D eigenvalue weighted by Crippen LogP contribution is 2.29. The molecule has 0 amide bonds. The SMILES string of the molecule is NC(=[NH2+])SCCSc1nc2ccccc2s1.[Cl-]. The van der Waals surface area contributed by atoms with Crippen LogP contribution in [-0.2, 0) is 0 Å². The van der Waals surface area contributed by atoms with Gasteiger partial charge < -0.3 is 12.4 Å². The number of fused-ring (bicyclic) bond motifs is 1. The molecule has 1 heterocycles. The van der Waals surface area contributed by atoms with E-state index in [0.29, 0.717) is 5.17 Å². The summed E-state index contributed by atoms with van der Waals surface area (Å²) in [6.07, 6.45) is 0. The minimum Gasteiger partial charge on any atom is -1.00 e. The van der Waals surface area contributed by atoms with Crippen LogP contribution >= 0.6 is 34.9 Å². The van der Waals surface area contributed by atoms with Gasteiger partial charge in [0.1, 0.15) is 0 Å². The fourth-order valence-corrected chi connectivity index (χ4v) is 3.89. The van der Waals surface area contributed by atoms with Crippen molar-refractivity contribution in [2.75, 3.05) is 11.5 Å². The van der Waals surface area contributed by atoms with Gasteiger partial charge in [-0.2, -0.15) is 0 Å². The second-order valence-electron chi connectivity index (χ2n) is 3.05. The molecule has 1 aromatic heterocycles. The Morgan fingerprint density at radius 1 is 1.35 bits per heavy atom. The van der Waals surface area contributed by atoms with Gasteiger partial charge in [0.05, 0.1) is 10.2 Å². The maximum atomic E-state index is 5.37. The Morgan fingerprint density at radius 2 is 2.12 bits per heavy atom. The first-order valence-corrected chi connectivity index (χ1v) is 7.53. The third kappa shape index (κ3) is 4.39. The zero-order valence-electron chi connectivity index (χ0n) is 8.93. The second-order valence-corrected chi connectivity index (χ2v) is 6.59. The predicted octanol–water partition coefficient (Wildman–Crippen LogP) is -1.80. The lowest BCUT2D eigenvalue weighted by Gasteiger charge is -1.93. The molecule has 2 rings (SSSR count). The first-order chi connectivity index (χ1) is 7.75. The minimum absolute atomic E-state index is 0. The van der Waals surface area contributed by atoms with E-state index in [0.717, 1.165) is 21.4 Å². The zero-order valence-corrected chi connectivity index (χ0v) is 12.1. The number of rotatable bonds is 4. The highest BCUT2D eigenvalue weighted by molar-refractivity contribution is 8.14. The summed E-state index contributed by atoms with van der Waals surface area (Å²) in [6.45, 7) is 0. The molecule has 0 atom stereocenters. The largest absolute Gasteiger partial charge is 1.00 e. The molecule has 0 radical (unpaired) electrons. The number of para-hydroxylation sites is 1. The molecule has 0 aliphatic heterocycles. The van der Waals surface area contributed by atoms with Crippen molar-refractivity contribution in [3.8, 4) is 0 Å². The van der Waals surface area contributed by atoms with Crippen LogP contribution in [0.1, 0.15) is 0 Å². The van der Waals surface area contributed by atoms with Gasteiger partial charge in [0, 0.05) is 11.5 Å². The van der Waals surface area contributed by atoms with Crippen LogP contribution in [-0.4, -0.2) is 21.7 Å². The van der Waals surface area contributed by atoms with E-state index in [1.165, 1.54) is 16.5 Å². The molecular weight excluding hydrogens is 294 g/mol. The Labute approximate surface area is 118 Å². The number of halogens is 1. The van der Waals surface area contributed by atoms with Crippen molar-refractivity contribution in [3.63, 3.8) is 0 Å². The molecule has 1 aromatic carbocycles. The van der Waals surface area contributed by atoms with Crippen molar-refractivity contribution < 1.29 is 17.8 Å². The fourth-order valence-electron chi connectivity index (χ4n) is 1.20. The van der Waals surface area contributed by atoms with Crippen molar-refractivity contribution in [1.29, 1.82) is 0 Å². The molecule has 0 fully saturated rings. The quantitative estimate of drug-likeness (QED) is 0.303. The molecule has 0 aliphatic carbocycles. The van der Waals surface area contributed by atoms with E-state index >= 15 is 0 Å². The average molecular weight is 306 g/mol. The van der Waals surface area contributed by atoms with E-state index in [9.17, 15) is 0 Å². The van der Waals surface area contributed by atoms with Gasteiger partial charge in [0.15, 0.2) is 4.34 Å². The molecule has 0 bridgehead atoms. The number of amidine groups is 1. The molecule has 0 saturated heterocycles. The highest BCUT2D eigenvalue weighted by atomic mass is 35.5. The lowest BCUT2D eigenvalue weighted by Crippen LogP contribution is -3.00. The lowest BCUT2D eigenvalue weighted by molar-refractivity contribution is -0.110. The number of nitrogens with zero attached hydrogens (tertiary/aromatic N) is 1. The minimum atomic E-state index is 0. The molecule has 2 aromatic rings. The van der Waals surface area contributed by atoms with Crippen LogP contribution in [0.3, 0.4) is 0 Å². The van der Waals surface area contributed by atoms with Crippen LogP contribution < -0.4 is 23.5 Å². The summed E-state index contributed by atoms with van der Waals surface area (Å²) >= 11 is 4.97. The smallest absolute Gasteiger partial charge is 0.299 e. The van der Waals surface area contributed by atoms with E-state index in [4.69, 9.17) is 11.1 Å². The normalized spacial score (nSPS) is 10.1. The van der Waals surface area contributed by atoms with Crippen molar-refractivity contribution in [2.45, 2.75) is 4.34 Å². The molecule has 92 valence electrons. The van der Waals surface area contributed by atoms with Gasteiger partial charge >= 0.3 is 0 Å². The number of thioether (sulfide) groups is 2. The first-order valence-electron chi connectivity index (χ1n) is 4.75. The van der Waals surface area contributed by atoms with E-state index in [1.807, 2.05) is 18.2 Å². The van der Waals surface area contributed by atoms with Gasteiger partial charge in [0.2, 0.25) is 0 Å². The summed E-state index contributed by atoms with van der Waals surface area (Å²) in [7, 11) is 0. The van der Waals surface area contributed by atoms with E-state index < -0.39 is 0 Å². The van der Waals surface area contributed by atoms with Crippen molar-refractivity contribution >= 4 is 50.2 Å². The summed E-state index contributed by atoms with van der Waals surface area (Å²) in [4.78, 5) is 4.53. The van der Waals surface area contributed by atoms with Crippen LogP contribution in [0, 0.1) is 0 Å². The van der Waals surface area contributed by atoms with Gasteiger partial charge in [-0.15, -0.1) is 11.3 Å². The van der Waals surface area contributed by atoms with E-state index in [2.05, 4.69) is 11.1 Å². The monoisotopic (exact) mass is 305 g/mol. The Balaban J connectivity index is 0.00000144. The van der Waals surface area contributed by atoms with Gasteiger partial charge in [-0.05, 0) is 23.9 Å². The number of benzene rings is 1. The third-order valence-corrected chi connectivity index (χ3v) is 5.03.